The molecule has 5 nitrogen and oxygen atoms in total. The van der Waals surface area contributed by atoms with Crippen LogP contribution in [0.5, 0.6) is 0 Å². The Morgan fingerprint density at radius 1 is 1.20 bits per heavy atom. The molecule has 0 radical (unpaired) electrons. The second-order valence-corrected chi connectivity index (χ2v) is 7.40. The highest BCUT2D eigenvalue weighted by molar-refractivity contribution is 5.94. The molecule has 0 aliphatic carbocycles. The fourth-order valence-electron chi connectivity index (χ4n) is 3.29. The van der Waals surface area contributed by atoms with Gasteiger partial charge in [0, 0.05) is 37.3 Å². The summed E-state index contributed by atoms with van der Waals surface area (Å²) in [6.07, 6.45) is 2.23. The van der Waals surface area contributed by atoms with E-state index in [9.17, 15) is 4.79 Å². The van der Waals surface area contributed by atoms with Crippen molar-refractivity contribution in [2.75, 3.05) is 19.6 Å². The quantitative estimate of drug-likeness (QED) is 0.795. The van der Waals surface area contributed by atoms with Crippen LogP contribution in [-0.2, 0) is 11.3 Å². The van der Waals surface area contributed by atoms with Crippen LogP contribution in [0.25, 0.3) is 0 Å². The van der Waals surface area contributed by atoms with Crippen LogP contribution in [0.3, 0.4) is 0 Å². The molecule has 1 heterocycles. The molecule has 0 aromatic heterocycles. The topological polar surface area (TPSA) is 67.6 Å². The summed E-state index contributed by atoms with van der Waals surface area (Å²) in [7, 11) is 0. The van der Waals surface area contributed by atoms with Crippen molar-refractivity contribution in [1.29, 1.82) is 0 Å². The molecular weight excluding hydrogens is 314 g/mol. The molecule has 1 aromatic carbocycles. The molecule has 1 saturated heterocycles. The number of nitrogens with zero attached hydrogens (tertiary/aromatic N) is 1. The van der Waals surface area contributed by atoms with Crippen LogP contribution in [0.15, 0.2) is 24.3 Å². The fraction of sp³-hybridized carbons (Fsp3) is 0.650. The molecule has 1 amide bonds. The van der Waals surface area contributed by atoms with Crippen LogP contribution < -0.4 is 11.1 Å². The molecular formula is C20H33N3O2. The van der Waals surface area contributed by atoms with Crippen molar-refractivity contribution in [3.63, 3.8) is 0 Å². The Labute approximate surface area is 151 Å². The Kier molecular flexibility index (Phi) is 6.99. The number of morpholine rings is 1. The number of nitrogens with two attached hydrogens (primary N) is 1. The number of nitrogens with one attached hydrogen (secondary N) is 1. The molecule has 1 aliphatic rings. The van der Waals surface area contributed by atoms with Crippen LogP contribution >= 0.6 is 0 Å². The zero-order chi connectivity index (χ0) is 18.4. The van der Waals surface area contributed by atoms with Crippen LogP contribution in [0, 0.1) is 0 Å². The number of ether oxygens (including phenoxy) is 1. The van der Waals surface area contributed by atoms with Gasteiger partial charge in [0.1, 0.15) is 0 Å². The van der Waals surface area contributed by atoms with E-state index in [1.807, 2.05) is 24.3 Å². The predicted molar refractivity (Wildman–Crippen MR) is 102 cm³/mol. The maximum atomic E-state index is 12.3. The Bertz CT molecular complexity index is 545. The van der Waals surface area contributed by atoms with E-state index in [0.717, 1.165) is 32.5 Å². The summed E-state index contributed by atoms with van der Waals surface area (Å²) in [5.74, 6) is -0.0584. The number of benzene rings is 1. The molecule has 25 heavy (non-hydrogen) atoms. The normalized spacial score (nSPS) is 22.0. The predicted octanol–water partition coefficient (Wildman–Crippen LogP) is 2.54. The van der Waals surface area contributed by atoms with Crippen molar-refractivity contribution >= 4 is 5.91 Å². The molecule has 2 atom stereocenters. The summed E-state index contributed by atoms with van der Waals surface area (Å²) in [5, 5.41) is 2.96. The number of amides is 1. The van der Waals surface area contributed by atoms with Gasteiger partial charge in [0.15, 0.2) is 0 Å². The van der Waals surface area contributed by atoms with Gasteiger partial charge in [-0.05, 0) is 44.4 Å². The number of carbonyl (C=O) groups excluding carboxylic acids is 1. The molecule has 1 aliphatic heterocycles. The van der Waals surface area contributed by atoms with Crippen LogP contribution in [-0.4, -0.2) is 48.2 Å². The third kappa shape index (κ3) is 5.80. The molecule has 0 bridgehead atoms. The van der Waals surface area contributed by atoms with Gasteiger partial charge >= 0.3 is 0 Å². The van der Waals surface area contributed by atoms with Crippen molar-refractivity contribution in [2.45, 2.75) is 64.8 Å². The smallest absolute Gasteiger partial charge is 0.251 e. The van der Waals surface area contributed by atoms with Gasteiger partial charge in [-0.25, -0.2) is 0 Å². The zero-order valence-electron chi connectivity index (χ0n) is 16.0. The molecule has 0 spiro atoms. The summed E-state index contributed by atoms with van der Waals surface area (Å²) < 4.78 is 5.77. The average Bonchev–Trinajstić information content (AvgIpc) is 2.59. The lowest BCUT2D eigenvalue weighted by Gasteiger charge is -2.35. The lowest BCUT2D eigenvalue weighted by molar-refractivity contribution is -0.0704. The highest BCUT2D eigenvalue weighted by Gasteiger charge is 2.23. The first-order valence-electron chi connectivity index (χ1n) is 9.39. The van der Waals surface area contributed by atoms with E-state index in [1.54, 1.807) is 0 Å². The van der Waals surface area contributed by atoms with Crippen molar-refractivity contribution in [2.24, 2.45) is 5.73 Å². The van der Waals surface area contributed by atoms with E-state index in [1.165, 1.54) is 5.56 Å². The van der Waals surface area contributed by atoms with Crippen molar-refractivity contribution < 1.29 is 9.53 Å². The van der Waals surface area contributed by atoms with Gasteiger partial charge in [0.05, 0.1) is 12.2 Å². The number of carbonyl (C=O) groups is 1. The van der Waals surface area contributed by atoms with Gasteiger partial charge in [0.2, 0.25) is 0 Å². The summed E-state index contributed by atoms with van der Waals surface area (Å²) in [6.45, 7) is 11.6. The SMILES string of the molecule is CCC(N)(CC)CNC(=O)c1ccc(CN2CC(C)OC(C)C2)cc1. The van der Waals surface area contributed by atoms with Crippen LogP contribution in [0.1, 0.15) is 56.5 Å². The lowest BCUT2D eigenvalue weighted by atomic mass is 9.94. The molecule has 2 rings (SSSR count). The van der Waals surface area contributed by atoms with Crippen LogP contribution in [0.2, 0.25) is 0 Å². The molecule has 5 heteroatoms. The molecule has 1 aromatic rings. The van der Waals surface area contributed by atoms with E-state index < -0.39 is 0 Å². The molecule has 140 valence electrons. The van der Waals surface area contributed by atoms with Gasteiger partial charge < -0.3 is 15.8 Å². The minimum Gasteiger partial charge on any atom is -0.373 e. The van der Waals surface area contributed by atoms with Gasteiger partial charge in [-0.3, -0.25) is 9.69 Å². The van der Waals surface area contributed by atoms with E-state index in [2.05, 4.69) is 37.9 Å². The van der Waals surface area contributed by atoms with E-state index in [4.69, 9.17) is 10.5 Å². The standard InChI is InChI=1S/C20H33N3O2/c1-5-20(21,6-2)14-22-19(24)18-9-7-17(8-10-18)13-23-11-15(3)25-16(4)12-23/h7-10,15-16H,5-6,11-14,21H2,1-4H3,(H,22,24). The van der Waals surface area contributed by atoms with Gasteiger partial charge in [-0.2, -0.15) is 0 Å². The lowest BCUT2D eigenvalue weighted by Crippen LogP contribution is -2.49. The molecule has 3 N–H and O–H groups in total. The van der Waals surface area contributed by atoms with Gasteiger partial charge in [-0.15, -0.1) is 0 Å². The minimum absolute atomic E-state index is 0.0584. The number of hydrogen-bond donors (Lipinski definition) is 2. The van der Waals surface area contributed by atoms with Crippen molar-refractivity contribution in [3.8, 4) is 0 Å². The monoisotopic (exact) mass is 347 g/mol. The first-order chi connectivity index (χ1) is 11.8. The van der Waals surface area contributed by atoms with E-state index >= 15 is 0 Å². The molecule has 2 unspecified atom stereocenters. The summed E-state index contributed by atoms with van der Waals surface area (Å²) in [6, 6.07) is 7.87. The van der Waals surface area contributed by atoms with Crippen LogP contribution in [0.4, 0.5) is 0 Å². The van der Waals surface area contributed by atoms with E-state index in [-0.39, 0.29) is 23.7 Å². The molecule has 1 fully saturated rings. The maximum absolute atomic E-state index is 12.3. The van der Waals surface area contributed by atoms with Crippen molar-refractivity contribution in [3.05, 3.63) is 35.4 Å². The Morgan fingerprint density at radius 3 is 2.28 bits per heavy atom. The Morgan fingerprint density at radius 2 is 1.76 bits per heavy atom. The first-order valence-corrected chi connectivity index (χ1v) is 9.39. The fourth-order valence-corrected chi connectivity index (χ4v) is 3.29. The second kappa shape index (κ2) is 8.79. The summed E-state index contributed by atoms with van der Waals surface area (Å²) >= 11 is 0. The van der Waals surface area contributed by atoms with E-state index in [0.29, 0.717) is 12.1 Å². The highest BCUT2D eigenvalue weighted by atomic mass is 16.5. The second-order valence-electron chi connectivity index (χ2n) is 7.40. The highest BCUT2D eigenvalue weighted by Crippen LogP contribution is 2.15. The average molecular weight is 348 g/mol. The summed E-state index contributed by atoms with van der Waals surface area (Å²) in [5.41, 5.74) is 7.82. The maximum Gasteiger partial charge on any atom is 0.251 e. The number of rotatable bonds is 7. The third-order valence-electron chi connectivity index (χ3n) is 5.13. The first kappa shape index (κ1) is 19.9. The Balaban J connectivity index is 1.89. The molecule has 0 saturated carbocycles. The number of hydrogen-bond acceptors (Lipinski definition) is 4. The third-order valence-corrected chi connectivity index (χ3v) is 5.13. The van der Waals surface area contributed by atoms with Crippen molar-refractivity contribution in [1.82, 2.24) is 10.2 Å². The summed E-state index contributed by atoms with van der Waals surface area (Å²) in [4.78, 5) is 14.7. The minimum atomic E-state index is -0.320. The van der Waals surface area contributed by atoms with Gasteiger partial charge in [-0.1, -0.05) is 26.0 Å². The zero-order valence-corrected chi connectivity index (χ0v) is 16.0. The Hall–Kier alpha value is -1.43. The largest absolute Gasteiger partial charge is 0.373 e. The van der Waals surface area contributed by atoms with Gasteiger partial charge in [0.25, 0.3) is 5.91 Å².